The van der Waals surface area contributed by atoms with E-state index in [1.807, 2.05) is 6.92 Å². The molecule has 0 aliphatic carbocycles. The molecular weight excluding hydrogens is 621 g/mol. The van der Waals surface area contributed by atoms with Crippen LogP contribution in [0.15, 0.2) is 19.6 Å². The third-order valence-electron chi connectivity index (χ3n) is 6.33. The maximum Gasteiger partial charge on any atom is 0.308 e. The summed E-state index contributed by atoms with van der Waals surface area (Å²) in [6, 6.07) is 0. The van der Waals surface area contributed by atoms with Crippen LogP contribution in [0.5, 0.6) is 0 Å². The number of esters is 4. The van der Waals surface area contributed by atoms with E-state index in [1.54, 1.807) is 51.2 Å². The van der Waals surface area contributed by atoms with Crippen LogP contribution in [0.4, 0.5) is 0 Å². The molecule has 2 aliphatic heterocycles. The fraction of sp³-hybridized carbons (Fsp3) is 0.643. The van der Waals surface area contributed by atoms with Crippen LogP contribution in [-0.4, -0.2) is 66.5 Å². The predicted molar refractivity (Wildman–Crippen MR) is 168 cm³/mol. The van der Waals surface area contributed by atoms with Crippen molar-refractivity contribution < 1.29 is 38.1 Å². The molecule has 8 nitrogen and oxygen atoms in total. The molecule has 0 aromatic heterocycles. The van der Waals surface area contributed by atoms with E-state index in [2.05, 4.69) is 19.6 Å². The van der Waals surface area contributed by atoms with Crippen molar-refractivity contribution in [3.63, 3.8) is 0 Å². The summed E-state index contributed by atoms with van der Waals surface area (Å²) in [5.41, 5.74) is 1.02. The maximum atomic E-state index is 12.8. The van der Waals surface area contributed by atoms with E-state index in [9.17, 15) is 19.2 Å². The molecule has 0 spiro atoms. The molecule has 13 heteroatoms. The third kappa shape index (κ3) is 8.01. The lowest BCUT2D eigenvalue weighted by atomic mass is 10.2. The van der Waals surface area contributed by atoms with Gasteiger partial charge in [-0.2, -0.15) is 0 Å². The monoisotopic (exact) mass is 660 g/mol. The Hall–Kier alpha value is -1.28. The van der Waals surface area contributed by atoms with Crippen LogP contribution in [0.3, 0.4) is 0 Å². The largest absolute Gasteiger partial charge is 0.466 e. The van der Waals surface area contributed by atoms with E-state index in [0.29, 0.717) is 0 Å². The number of carbonyl (C=O) groups is 4. The minimum Gasteiger partial charge on any atom is -0.466 e. The summed E-state index contributed by atoms with van der Waals surface area (Å²) in [7, 11) is -2.05. The van der Waals surface area contributed by atoms with Crippen LogP contribution in [0.25, 0.3) is 0 Å². The van der Waals surface area contributed by atoms with Gasteiger partial charge in [0, 0.05) is 19.6 Å². The number of benzene rings is 1. The SMILES string of the molecule is CCOC(=O)CC1(CC(=O)OCC)Sc2c(C)c3c(c([Si](C)(C)C)c2S1)SC(CC(=O)OCC)(CC(=O)OCC)S3. The second-order valence-electron chi connectivity index (χ2n) is 10.7. The molecular formula is C28H40O8S4Si. The van der Waals surface area contributed by atoms with E-state index in [-0.39, 0.29) is 76.0 Å². The van der Waals surface area contributed by atoms with Crippen molar-refractivity contribution in [3.8, 4) is 0 Å². The molecule has 0 bridgehead atoms. The molecule has 228 valence electrons. The summed E-state index contributed by atoms with van der Waals surface area (Å²) >= 11 is 6.19. The van der Waals surface area contributed by atoms with Crippen molar-refractivity contribution in [1.29, 1.82) is 0 Å². The Labute approximate surface area is 260 Å². The Balaban J connectivity index is 2.14. The van der Waals surface area contributed by atoms with Gasteiger partial charge in [0.1, 0.15) is 0 Å². The molecule has 0 fully saturated rings. The van der Waals surface area contributed by atoms with Crippen LogP contribution in [0.1, 0.15) is 58.9 Å². The zero-order valence-corrected chi connectivity index (χ0v) is 29.3. The van der Waals surface area contributed by atoms with Crippen LogP contribution in [0, 0.1) is 6.92 Å². The number of ether oxygens (including phenoxy) is 4. The van der Waals surface area contributed by atoms with Gasteiger partial charge in [-0.25, -0.2) is 0 Å². The Bertz CT molecular complexity index is 1080. The van der Waals surface area contributed by atoms with Crippen molar-refractivity contribution in [2.45, 2.75) is 108 Å². The van der Waals surface area contributed by atoms with Gasteiger partial charge in [0.05, 0.1) is 68.3 Å². The van der Waals surface area contributed by atoms with Crippen LogP contribution >= 0.6 is 47.0 Å². The number of carbonyl (C=O) groups excluding carboxylic acids is 4. The van der Waals surface area contributed by atoms with Gasteiger partial charge in [0.25, 0.3) is 0 Å². The van der Waals surface area contributed by atoms with Crippen molar-refractivity contribution in [2.75, 3.05) is 26.4 Å². The average Bonchev–Trinajstić information content (AvgIpc) is 3.37. The predicted octanol–water partition coefficient (Wildman–Crippen LogP) is 6.14. The molecule has 2 heterocycles. The van der Waals surface area contributed by atoms with Gasteiger partial charge >= 0.3 is 23.9 Å². The highest BCUT2D eigenvalue weighted by molar-refractivity contribution is 8.22. The van der Waals surface area contributed by atoms with Crippen molar-refractivity contribution in [3.05, 3.63) is 5.56 Å². The van der Waals surface area contributed by atoms with E-state index in [4.69, 9.17) is 18.9 Å². The molecule has 0 radical (unpaired) electrons. The molecule has 0 saturated carbocycles. The minimum absolute atomic E-state index is 0.0643. The molecule has 41 heavy (non-hydrogen) atoms. The van der Waals surface area contributed by atoms with E-state index in [1.165, 1.54) is 28.7 Å². The lowest BCUT2D eigenvalue weighted by Crippen LogP contribution is -2.41. The highest BCUT2D eigenvalue weighted by Gasteiger charge is 2.52. The fourth-order valence-electron chi connectivity index (χ4n) is 4.82. The van der Waals surface area contributed by atoms with Gasteiger partial charge in [0.2, 0.25) is 0 Å². The standard InChI is InChI=1S/C28H40O8S4Si/c1-9-33-18(29)13-27(14-19(30)34-10-2)37-22-17(5)23-25(26(24(22)39-27)41(6,7)8)40-28(38-23,15-20(31)35-11-3)16-21(32)36-12-4/h9-16H2,1-8H3. The fourth-order valence-corrected chi connectivity index (χ4v) is 15.5. The Morgan fingerprint density at radius 1 is 0.561 bits per heavy atom. The van der Waals surface area contributed by atoms with Gasteiger partial charge in [-0.1, -0.05) is 19.6 Å². The molecule has 0 amide bonds. The second kappa shape index (κ2) is 14.0. The average molecular weight is 661 g/mol. The van der Waals surface area contributed by atoms with Crippen molar-refractivity contribution in [2.24, 2.45) is 0 Å². The molecule has 0 atom stereocenters. The third-order valence-corrected chi connectivity index (χ3v) is 15.2. The summed E-state index contributed by atoms with van der Waals surface area (Å²) in [6.07, 6.45) is 0.257. The lowest BCUT2D eigenvalue weighted by molar-refractivity contribution is -0.146. The molecule has 0 N–H and O–H groups in total. The highest BCUT2D eigenvalue weighted by Crippen LogP contribution is 2.66. The summed E-state index contributed by atoms with van der Waals surface area (Å²) in [5.74, 6) is -1.40. The van der Waals surface area contributed by atoms with Gasteiger partial charge in [-0.15, -0.1) is 47.0 Å². The summed E-state index contributed by atoms with van der Waals surface area (Å²) in [6.45, 7) is 17.0. The van der Waals surface area contributed by atoms with Crippen molar-refractivity contribution in [1.82, 2.24) is 0 Å². The molecule has 1 aromatic rings. The zero-order chi connectivity index (χ0) is 30.6. The first-order valence-corrected chi connectivity index (χ1v) is 20.6. The lowest BCUT2D eigenvalue weighted by Gasteiger charge is -2.28. The summed E-state index contributed by atoms with van der Waals surface area (Å²) < 4.78 is 19.7. The molecule has 0 saturated heterocycles. The first-order chi connectivity index (χ1) is 19.2. The second-order valence-corrected chi connectivity index (χ2v) is 21.8. The molecule has 1 aromatic carbocycles. The summed E-state index contributed by atoms with van der Waals surface area (Å²) in [4.78, 5) is 55.3. The highest BCUT2D eigenvalue weighted by atomic mass is 32.2. The minimum atomic E-state index is -2.05. The number of thioether (sulfide) groups is 4. The number of hydrogen-bond acceptors (Lipinski definition) is 12. The Morgan fingerprint density at radius 2 is 0.829 bits per heavy atom. The van der Waals surface area contributed by atoms with Crippen LogP contribution in [-0.2, 0) is 38.1 Å². The van der Waals surface area contributed by atoms with E-state index in [0.717, 1.165) is 25.1 Å². The molecule has 0 unspecified atom stereocenters. The molecule has 3 rings (SSSR count). The maximum absolute atomic E-state index is 12.8. The van der Waals surface area contributed by atoms with E-state index >= 15 is 0 Å². The van der Waals surface area contributed by atoms with Gasteiger partial charge in [-0.05, 0) is 45.4 Å². The first kappa shape index (κ1) is 34.2. The Kier molecular flexibility index (Phi) is 11.7. The topological polar surface area (TPSA) is 105 Å². The van der Waals surface area contributed by atoms with Crippen molar-refractivity contribution >= 4 is 84.2 Å². The quantitative estimate of drug-likeness (QED) is 0.138. The molecule has 2 aliphatic rings. The van der Waals surface area contributed by atoms with E-state index < -0.39 is 16.2 Å². The summed E-state index contributed by atoms with van der Waals surface area (Å²) in [5, 5.41) is 1.22. The zero-order valence-electron chi connectivity index (χ0n) is 25.1. The first-order valence-electron chi connectivity index (χ1n) is 13.8. The number of fused-ring (bicyclic) bond motifs is 2. The van der Waals surface area contributed by atoms with Gasteiger partial charge in [0.15, 0.2) is 0 Å². The number of hydrogen-bond donors (Lipinski definition) is 0. The number of rotatable bonds is 13. The Morgan fingerprint density at radius 3 is 1.07 bits per heavy atom. The smallest absolute Gasteiger partial charge is 0.308 e. The van der Waals surface area contributed by atoms with Gasteiger partial charge in [-0.3, -0.25) is 19.2 Å². The normalized spacial score (nSPS) is 16.5. The van der Waals surface area contributed by atoms with Crippen LogP contribution < -0.4 is 5.19 Å². The van der Waals surface area contributed by atoms with Crippen LogP contribution in [0.2, 0.25) is 19.6 Å². The van der Waals surface area contributed by atoms with Gasteiger partial charge < -0.3 is 18.9 Å².